The van der Waals surface area contributed by atoms with Crippen LogP contribution in [0.1, 0.15) is 42.5 Å². The maximum Gasteiger partial charge on any atom is 0.227 e. The highest BCUT2D eigenvalue weighted by molar-refractivity contribution is 5.89. The van der Waals surface area contributed by atoms with Crippen molar-refractivity contribution in [1.82, 2.24) is 29.5 Å². The van der Waals surface area contributed by atoms with Gasteiger partial charge in [0.05, 0.1) is 19.0 Å². The van der Waals surface area contributed by atoms with Crippen LogP contribution < -0.4 is 0 Å². The SMILES string of the molecule is CN1CCn2c(nnc2C2CCCCN2C(=O)Cc2c[nH]c3ccccc23)C1. The number of carbonyl (C=O) groups is 1. The number of hydrogen-bond donors (Lipinski definition) is 1. The van der Waals surface area contributed by atoms with E-state index in [1.54, 1.807) is 0 Å². The van der Waals surface area contributed by atoms with Crippen LogP contribution in [0.5, 0.6) is 0 Å². The van der Waals surface area contributed by atoms with E-state index in [4.69, 9.17) is 0 Å². The average Bonchev–Trinajstić information content (AvgIpc) is 3.32. The van der Waals surface area contributed by atoms with Gasteiger partial charge in [0.15, 0.2) is 5.82 Å². The lowest BCUT2D eigenvalue weighted by molar-refractivity contribution is -0.134. The molecule has 2 aliphatic rings. The predicted octanol–water partition coefficient (Wildman–Crippen LogP) is 2.50. The molecular formula is C21H26N6O. The molecular weight excluding hydrogens is 352 g/mol. The largest absolute Gasteiger partial charge is 0.361 e. The first-order valence-corrected chi connectivity index (χ1v) is 10.2. The first kappa shape index (κ1) is 17.4. The lowest BCUT2D eigenvalue weighted by atomic mass is 9.99. The molecule has 1 atom stereocenters. The number of likely N-dealkylation sites (tertiary alicyclic amines) is 1. The summed E-state index contributed by atoms with van der Waals surface area (Å²) >= 11 is 0. The molecule has 5 rings (SSSR count). The van der Waals surface area contributed by atoms with Crippen molar-refractivity contribution in [3.63, 3.8) is 0 Å². The summed E-state index contributed by atoms with van der Waals surface area (Å²) in [4.78, 5) is 20.9. The molecule has 1 saturated heterocycles. The molecule has 1 unspecified atom stereocenters. The van der Waals surface area contributed by atoms with Crippen molar-refractivity contribution < 1.29 is 4.79 Å². The Labute approximate surface area is 164 Å². The Hall–Kier alpha value is -2.67. The minimum atomic E-state index is 0.0381. The number of piperidine rings is 1. The molecule has 7 nitrogen and oxygen atoms in total. The molecule has 1 N–H and O–H groups in total. The van der Waals surface area contributed by atoms with E-state index in [0.717, 1.165) is 73.6 Å². The van der Waals surface area contributed by atoms with Crippen LogP contribution in [0.3, 0.4) is 0 Å². The Bertz CT molecular complexity index is 1010. The van der Waals surface area contributed by atoms with Crippen molar-refractivity contribution in [2.75, 3.05) is 20.1 Å². The molecule has 0 bridgehead atoms. The number of para-hydroxylation sites is 1. The molecule has 1 amide bonds. The number of likely N-dealkylation sites (N-methyl/N-ethyl adjacent to an activating group) is 1. The molecule has 146 valence electrons. The van der Waals surface area contributed by atoms with Crippen molar-refractivity contribution >= 4 is 16.8 Å². The number of rotatable bonds is 3. The van der Waals surface area contributed by atoms with E-state index < -0.39 is 0 Å². The molecule has 2 aliphatic heterocycles. The number of fused-ring (bicyclic) bond motifs is 2. The van der Waals surface area contributed by atoms with Gasteiger partial charge in [0, 0.05) is 36.7 Å². The number of benzene rings is 1. The lowest BCUT2D eigenvalue weighted by Gasteiger charge is -2.36. The van der Waals surface area contributed by atoms with Gasteiger partial charge in [0.2, 0.25) is 5.91 Å². The summed E-state index contributed by atoms with van der Waals surface area (Å²) in [7, 11) is 2.11. The minimum absolute atomic E-state index is 0.0381. The summed E-state index contributed by atoms with van der Waals surface area (Å²) in [5.74, 6) is 2.16. The number of aromatic amines is 1. The van der Waals surface area contributed by atoms with Gasteiger partial charge in [-0.25, -0.2) is 0 Å². The van der Waals surface area contributed by atoms with E-state index in [1.807, 2.05) is 29.3 Å². The van der Waals surface area contributed by atoms with Gasteiger partial charge in [-0.3, -0.25) is 9.69 Å². The topological polar surface area (TPSA) is 70.1 Å². The second kappa shape index (κ2) is 7.05. The highest BCUT2D eigenvalue weighted by Crippen LogP contribution is 2.32. The van der Waals surface area contributed by atoms with E-state index in [-0.39, 0.29) is 11.9 Å². The van der Waals surface area contributed by atoms with Gasteiger partial charge in [0.25, 0.3) is 0 Å². The number of hydrogen-bond acceptors (Lipinski definition) is 4. The molecule has 4 heterocycles. The smallest absolute Gasteiger partial charge is 0.227 e. The fourth-order valence-electron chi connectivity index (χ4n) is 4.59. The van der Waals surface area contributed by atoms with E-state index in [0.29, 0.717) is 6.42 Å². The van der Waals surface area contributed by atoms with Crippen molar-refractivity contribution in [1.29, 1.82) is 0 Å². The second-order valence-corrected chi connectivity index (χ2v) is 8.00. The van der Waals surface area contributed by atoms with Crippen molar-refractivity contribution in [2.45, 2.75) is 44.8 Å². The molecule has 0 radical (unpaired) electrons. The molecule has 0 saturated carbocycles. The Morgan fingerprint density at radius 2 is 2.07 bits per heavy atom. The molecule has 1 aromatic carbocycles. The number of amides is 1. The minimum Gasteiger partial charge on any atom is -0.361 e. The summed E-state index contributed by atoms with van der Waals surface area (Å²) in [6.45, 7) is 3.51. The van der Waals surface area contributed by atoms with Crippen molar-refractivity contribution in [2.24, 2.45) is 0 Å². The average molecular weight is 378 g/mol. The van der Waals surface area contributed by atoms with E-state index >= 15 is 0 Å². The third-order valence-electron chi connectivity index (χ3n) is 6.11. The molecule has 28 heavy (non-hydrogen) atoms. The number of carbonyl (C=O) groups excluding carboxylic acids is 1. The van der Waals surface area contributed by atoms with Crippen LogP contribution in [0, 0.1) is 0 Å². The lowest BCUT2D eigenvalue weighted by Crippen LogP contribution is -2.41. The first-order valence-electron chi connectivity index (χ1n) is 10.2. The Balaban J connectivity index is 1.41. The number of nitrogens with zero attached hydrogens (tertiary/aromatic N) is 5. The van der Waals surface area contributed by atoms with Crippen molar-refractivity contribution in [3.05, 3.63) is 47.7 Å². The van der Waals surface area contributed by atoms with Gasteiger partial charge >= 0.3 is 0 Å². The highest BCUT2D eigenvalue weighted by atomic mass is 16.2. The number of H-pyrrole nitrogens is 1. The predicted molar refractivity (Wildman–Crippen MR) is 107 cm³/mol. The van der Waals surface area contributed by atoms with Crippen LogP contribution in [0.2, 0.25) is 0 Å². The van der Waals surface area contributed by atoms with Crippen molar-refractivity contribution in [3.8, 4) is 0 Å². The van der Waals surface area contributed by atoms with Gasteiger partial charge in [-0.05, 0) is 37.9 Å². The van der Waals surface area contributed by atoms with Gasteiger partial charge in [-0.1, -0.05) is 18.2 Å². The summed E-state index contributed by atoms with van der Waals surface area (Å²) < 4.78 is 2.24. The van der Waals surface area contributed by atoms with E-state index in [9.17, 15) is 4.79 Å². The summed E-state index contributed by atoms with van der Waals surface area (Å²) in [5.41, 5.74) is 2.14. The fourth-order valence-corrected chi connectivity index (χ4v) is 4.59. The normalized spacial score (nSPS) is 20.5. The zero-order valence-electron chi connectivity index (χ0n) is 16.3. The van der Waals surface area contributed by atoms with Crippen LogP contribution in [-0.4, -0.2) is 55.6 Å². The van der Waals surface area contributed by atoms with Gasteiger partial charge in [-0.2, -0.15) is 0 Å². The summed E-state index contributed by atoms with van der Waals surface area (Å²) in [6.07, 6.45) is 5.54. The van der Waals surface area contributed by atoms with Gasteiger partial charge in [0.1, 0.15) is 5.82 Å². The quantitative estimate of drug-likeness (QED) is 0.760. The summed E-state index contributed by atoms with van der Waals surface area (Å²) in [6, 6.07) is 8.20. The second-order valence-electron chi connectivity index (χ2n) is 8.00. The third-order valence-corrected chi connectivity index (χ3v) is 6.11. The summed E-state index contributed by atoms with van der Waals surface area (Å²) in [5, 5.41) is 10.1. The monoisotopic (exact) mass is 378 g/mol. The maximum atomic E-state index is 13.3. The third kappa shape index (κ3) is 2.99. The van der Waals surface area contributed by atoms with E-state index in [1.165, 1.54) is 0 Å². The zero-order valence-corrected chi connectivity index (χ0v) is 16.3. The molecule has 1 fully saturated rings. The highest BCUT2D eigenvalue weighted by Gasteiger charge is 2.33. The van der Waals surface area contributed by atoms with Gasteiger partial charge < -0.3 is 14.5 Å². The van der Waals surface area contributed by atoms with E-state index in [2.05, 4.69) is 37.8 Å². The van der Waals surface area contributed by atoms with Gasteiger partial charge in [-0.15, -0.1) is 10.2 Å². The standard InChI is InChI=1S/C21H26N6O/c1-25-10-11-27-19(14-25)23-24-21(27)18-8-4-5-9-26(18)20(28)12-15-13-22-17-7-3-2-6-16(15)17/h2-3,6-7,13,18,22H,4-5,8-12,14H2,1H3. The Kier molecular flexibility index (Phi) is 4.39. The Morgan fingerprint density at radius 1 is 1.18 bits per heavy atom. The maximum absolute atomic E-state index is 13.3. The van der Waals surface area contributed by atoms with Crippen LogP contribution >= 0.6 is 0 Å². The molecule has 7 heteroatoms. The van der Waals surface area contributed by atoms with Crippen LogP contribution in [0.4, 0.5) is 0 Å². The number of aromatic nitrogens is 4. The molecule has 2 aromatic heterocycles. The first-order chi connectivity index (χ1) is 13.7. The Morgan fingerprint density at radius 3 is 3.00 bits per heavy atom. The fraction of sp³-hybridized carbons (Fsp3) is 0.476. The zero-order chi connectivity index (χ0) is 19.1. The molecule has 0 aliphatic carbocycles. The molecule has 3 aromatic rings. The van der Waals surface area contributed by atoms with Crippen LogP contribution in [0.25, 0.3) is 10.9 Å². The number of nitrogens with one attached hydrogen (secondary N) is 1. The van der Waals surface area contributed by atoms with Crippen LogP contribution in [0.15, 0.2) is 30.5 Å². The van der Waals surface area contributed by atoms with Crippen LogP contribution in [-0.2, 0) is 24.3 Å². The molecule has 0 spiro atoms.